The highest BCUT2D eigenvalue weighted by atomic mass is 127. The second kappa shape index (κ2) is 5.22. The number of rotatable bonds is 2. The number of hydrogen-bond donors (Lipinski definition) is 1. The van der Waals surface area contributed by atoms with Crippen molar-refractivity contribution in [2.24, 2.45) is 0 Å². The lowest BCUT2D eigenvalue weighted by Gasteiger charge is -2.17. The van der Waals surface area contributed by atoms with Crippen LogP contribution in [0, 0.1) is 10.5 Å². The summed E-state index contributed by atoms with van der Waals surface area (Å²) in [7, 11) is 4.09. The zero-order chi connectivity index (χ0) is 15.1. The highest BCUT2D eigenvalue weighted by Gasteiger charge is 2.12. The molecule has 3 aromatic rings. The van der Waals surface area contributed by atoms with E-state index in [1.165, 1.54) is 11.3 Å². The number of nitrogen functional groups attached to an aromatic ring is 1. The molecule has 0 atom stereocenters. The normalized spacial score (nSPS) is 11.0. The van der Waals surface area contributed by atoms with E-state index < -0.39 is 0 Å². The van der Waals surface area contributed by atoms with Gasteiger partial charge in [-0.3, -0.25) is 4.57 Å². The van der Waals surface area contributed by atoms with Crippen molar-refractivity contribution >= 4 is 45.3 Å². The average molecular weight is 392 g/mol. The number of aryl methyl sites for hydroxylation is 1. The summed E-state index contributed by atoms with van der Waals surface area (Å²) in [5, 5.41) is 0. The van der Waals surface area contributed by atoms with Crippen molar-refractivity contribution in [2.75, 3.05) is 24.7 Å². The molecular formula is C16H17IN4. The molecule has 0 aliphatic carbocycles. The van der Waals surface area contributed by atoms with Crippen molar-refractivity contribution in [3.05, 3.63) is 45.5 Å². The summed E-state index contributed by atoms with van der Waals surface area (Å²) in [6, 6.07) is 12.5. The van der Waals surface area contributed by atoms with Gasteiger partial charge in [-0.15, -0.1) is 0 Å². The zero-order valence-corrected chi connectivity index (χ0v) is 14.4. The Morgan fingerprint density at radius 2 is 1.90 bits per heavy atom. The summed E-state index contributed by atoms with van der Waals surface area (Å²) in [6.07, 6.45) is 0. The van der Waals surface area contributed by atoms with Crippen molar-refractivity contribution in [2.45, 2.75) is 6.92 Å². The first-order valence-corrected chi connectivity index (χ1v) is 7.77. The Bertz CT molecular complexity index is 821. The Morgan fingerprint density at radius 3 is 2.62 bits per heavy atom. The van der Waals surface area contributed by atoms with Gasteiger partial charge in [0, 0.05) is 23.4 Å². The molecule has 3 rings (SSSR count). The molecule has 21 heavy (non-hydrogen) atoms. The Balaban J connectivity index is 2.25. The fourth-order valence-corrected chi connectivity index (χ4v) is 3.04. The fourth-order valence-electron chi connectivity index (χ4n) is 2.56. The third kappa shape index (κ3) is 2.46. The molecular weight excluding hydrogens is 375 g/mol. The smallest absolute Gasteiger partial charge is 0.205 e. The van der Waals surface area contributed by atoms with Gasteiger partial charge < -0.3 is 10.6 Å². The summed E-state index contributed by atoms with van der Waals surface area (Å²) in [6.45, 7) is 2.11. The molecule has 0 aliphatic heterocycles. The van der Waals surface area contributed by atoms with Gasteiger partial charge in [0.2, 0.25) is 5.95 Å². The molecule has 1 heterocycles. The Morgan fingerprint density at radius 1 is 1.14 bits per heavy atom. The predicted octanol–water partition coefficient (Wildman–Crippen LogP) is 3.59. The van der Waals surface area contributed by atoms with E-state index in [0.29, 0.717) is 5.95 Å². The van der Waals surface area contributed by atoms with E-state index in [4.69, 9.17) is 5.73 Å². The standard InChI is InChI=1S/C16H17IN4/c1-10-4-6-12(9-15(10)20(2)3)21-14-7-5-11(17)8-13(14)19-16(21)18/h4-9H,1-3H3,(H2,18,19). The van der Waals surface area contributed by atoms with E-state index >= 15 is 0 Å². The summed E-state index contributed by atoms with van der Waals surface area (Å²) < 4.78 is 3.15. The number of aromatic nitrogens is 2. The lowest BCUT2D eigenvalue weighted by molar-refractivity contribution is 1.08. The van der Waals surface area contributed by atoms with Crippen LogP contribution in [-0.4, -0.2) is 23.6 Å². The third-order valence-corrected chi connectivity index (χ3v) is 4.25. The van der Waals surface area contributed by atoms with Crippen LogP contribution in [0.15, 0.2) is 36.4 Å². The molecule has 0 amide bonds. The Hall–Kier alpha value is -1.76. The highest BCUT2D eigenvalue weighted by Crippen LogP contribution is 2.28. The first-order chi connectivity index (χ1) is 9.97. The maximum absolute atomic E-state index is 6.14. The third-order valence-electron chi connectivity index (χ3n) is 3.58. The van der Waals surface area contributed by atoms with E-state index in [9.17, 15) is 0 Å². The molecule has 0 bridgehead atoms. The molecule has 0 unspecified atom stereocenters. The van der Waals surface area contributed by atoms with Crippen molar-refractivity contribution in [3.8, 4) is 5.69 Å². The quantitative estimate of drug-likeness (QED) is 0.679. The molecule has 0 aliphatic rings. The van der Waals surface area contributed by atoms with Gasteiger partial charge in [-0.25, -0.2) is 4.98 Å². The van der Waals surface area contributed by atoms with Gasteiger partial charge in [-0.1, -0.05) is 6.07 Å². The molecule has 1 aromatic heterocycles. The summed E-state index contributed by atoms with van der Waals surface area (Å²) in [5.74, 6) is 0.514. The minimum absolute atomic E-state index is 0.514. The van der Waals surface area contributed by atoms with Gasteiger partial charge in [-0.05, 0) is 65.4 Å². The van der Waals surface area contributed by atoms with Crippen molar-refractivity contribution in [1.82, 2.24) is 9.55 Å². The first kappa shape index (κ1) is 14.2. The topological polar surface area (TPSA) is 47.1 Å². The Kier molecular flexibility index (Phi) is 3.52. The molecule has 0 saturated carbocycles. The maximum atomic E-state index is 6.14. The number of imidazole rings is 1. The number of fused-ring (bicyclic) bond motifs is 1. The number of halogens is 1. The van der Waals surface area contributed by atoms with Crippen LogP contribution in [-0.2, 0) is 0 Å². The van der Waals surface area contributed by atoms with Crippen LogP contribution in [0.4, 0.5) is 11.6 Å². The monoisotopic (exact) mass is 392 g/mol. The highest BCUT2D eigenvalue weighted by molar-refractivity contribution is 14.1. The summed E-state index contributed by atoms with van der Waals surface area (Å²) in [4.78, 5) is 6.58. The molecule has 5 heteroatoms. The lowest BCUT2D eigenvalue weighted by atomic mass is 10.1. The van der Waals surface area contributed by atoms with Crippen LogP contribution >= 0.6 is 22.6 Å². The van der Waals surface area contributed by atoms with Gasteiger partial charge in [0.25, 0.3) is 0 Å². The van der Waals surface area contributed by atoms with Crippen LogP contribution in [0.3, 0.4) is 0 Å². The second-order valence-electron chi connectivity index (χ2n) is 5.30. The van der Waals surface area contributed by atoms with E-state index in [0.717, 1.165) is 20.3 Å². The SMILES string of the molecule is Cc1ccc(-n2c(N)nc3cc(I)ccc32)cc1N(C)C. The molecule has 0 spiro atoms. The molecule has 108 valence electrons. The maximum Gasteiger partial charge on any atom is 0.205 e. The number of nitrogens with two attached hydrogens (primary N) is 1. The second-order valence-corrected chi connectivity index (χ2v) is 6.55. The number of benzene rings is 2. The molecule has 0 radical (unpaired) electrons. The van der Waals surface area contributed by atoms with Crippen LogP contribution < -0.4 is 10.6 Å². The minimum atomic E-state index is 0.514. The molecule has 0 saturated heterocycles. The van der Waals surface area contributed by atoms with Gasteiger partial charge in [0.1, 0.15) is 0 Å². The molecule has 4 nitrogen and oxygen atoms in total. The lowest BCUT2D eigenvalue weighted by Crippen LogP contribution is -2.11. The van der Waals surface area contributed by atoms with Gasteiger partial charge in [0.15, 0.2) is 0 Å². The predicted molar refractivity (Wildman–Crippen MR) is 97.3 cm³/mol. The van der Waals surface area contributed by atoms with Crippen molar-refractivity contribution in [1.29, 1.82) is 0 Å². The Labute approximate surface area is 137 Å². The van der Waals surface area contributed by atoms with Crippen molar-refractivity contribution < 1.29 is 0 Å². The van der Waals surface area contributed by atoms with Gasteiger partial charge >= 0.3 is 0 Å². The molecule has 2 N–H and O–H groups in total. The van der Waals surface area contributed by atoms with E-state index in [1.54, 1.807) is 0 Å². The van der Waals surface area contributed by atoms with E-state index in [-0.39, 0.29) is 0 Å². The van der Waals surface area contributed by atoms with E-state index in [1.807, 2.05) is 24.7 Å². The minimum Gasteiger partial charge on any atom is -0.377 e. The first-order valence-electron chi connectivity index (χ1n) is 6.69. The summed E-state index contributed by atoms with van der Waals surface area (Å²) >= 11 is 2.29. The van der Waals surface area contributed by atoms with E-state index in [2.05, 4.69) is 69.7 Å². The summed E-state index contributed by atoms with van der Waals surface area (Å²) in [5.41, 5.74) is 11.5. The van der Waals surface area contributed by atoms with Gasteiger partial charge in [0.05, 0.1) is 16.7 Å². The fraction of sp³-hybridized carbons (Fsp3) is 0.188. The van der Waals surface area contributed by atoms with Crippen LogP contribution in [0.2, 0.25) is 0 Å². The largest absolute Gasteiger partial charge is 0.377 e. The average Bonchev–Trinajstić information content (AvgIpc) is 2.74. The molecule has 0 fully saturated rings. The zero-order valence-electron chi connectivity index (χ0n) is 12.3. The number of hydrogen-bond acceptors (Lipinski definition) is 3. The molecule has 2 aromatic carbocycles. The van der Waals surface area contributed by atoms with Crippen LogP contribution in [0.5, 0.6) is 0 Å². The van der Waals surface area contributed by atoms with Gasteiger partial charge in [-0.2, -0.15) is 0 Å². The number of nitrogens with zero attached hydrogens (tertiary/aromatic N) is 3. The van der Waals surface area contributed by atoms with Crippen LogP contribution in [0.1, 0.15) is 5.56 Å². The van der Waals surface area contributed by atoms with Crippen LogP contribution in [0.25, 0.3) is 16.7 Å². The number of anilines is 2. The van der Waals surface area contributed by atoms with Crippen molar-refractivity contribution in [3.63, 3.8) is 0 Å².